The SMILES string of the molecule is COc1cccc(-c2cc(CNC(=O)C3C=CC=NC3=O)no2)c1. The van der Waals surface area contributed by atoms with Gasteiger partial charge in [-0.05, 0) is 18.2 Å². The second-order valence-corrected chi connectivity index (χ2v) is 5.11. The van der Waals surface area contributed by atoms with Gasteiger partial charge in [0, 0.05) is 17.8 Å². The van der Waals surface area contributed by atoms with Gasteiger partial charge < -0.3 is 14.6 Å². The molecule has 7 heteroatoms. The minimum absolute atomic E-state index is 0.160. The Morgan fingerprint density at radius 3 is 3.04 bits per heavy atom. The summed E-state index contributed by atoms with van der Waals surface area (Å²) in [7, 11) is 1.59. The molecule has 1 N–H and O–H groups in total. The lowest BCUT2D eigenvalue weighted by molar-refractivity contribution is -0.131. The molecule has 1 atom stereocenters. The van der Waals surface area contributed by atoms with E-state index >= 15 is 0 Å². The average Bonchev–Trinajstić information content (AvgIpc) is 3.09. The summed E-state index contributed by atoms with van der Waals surface area (Å²) in [4.78, 5) is 27.1. The second-order valence-electron chi connectivity index (χ2n) is 5.11. The number of benzene rings is 1. The number of nitrogens with one attached hydrogen (secondary N) is 1. The Balaban J connectivity index is 1.64. The molecule has 1 aromatic carbocycles. The Morgan fingerprint density at radius 1 is 1.38 bits per heavy atom. The number of aromatic nitrogens is 1. The van der Waals surface area contributed by atoms with Gasteiger partial charge >= 0.3 is 0 Å². The van der Waals surface area contributed by atoms with Crippen LogP contribution in [0.5, 0.6) is 5.75 Å². The van der Waals surface area contributed by atoms with Crippen LogP contribution in [0.1, 0.15) is 5.69 Å². The molecule has 1 aliphatic rings. The number of nitrogens with zero attached hydrogens (tertiary/aromatic N) is 2. The quantitative estimate of drug-likeness (QED) is 0.845. The number of hydrogen-bond donors (Lipinski definition) is 1. The molecule has 0 aliphatic carbocycles. The molecule has 1 aliphatic heterocycles. The van der Waals surface area contributed by atoms with Crippen molar-refractivity contribution in [3.05, 3.63) is 48.2 Å². The summed E-state index contributed by atoms with van der Waals surface area (Å²) >= 11 is 0. The van der Waals surface area contributed by atoms with Crippen molar-refractivity contribution < 1.29 is 18.8 Å². The maximum absolute atomic E-state index is 12.0. The number of ether oxygens (including phenoxy) is 1. The van der Waals surface area contributed by atoms with Crippen LogP contribution in [0.15, 0.2) is 52.0 Å². The zero-order chi connectivity index (χ0) is 16.9. The van der Waals surface area contributed by atoms with Gasteiger partial charge in [0.1, 0.15) is 17.4 Å². The summed E-state index contributed by atoms with van der Waals surface area (Å²) in [6.07, 6.45) is 4.45. The van der Waals surface area contributed by atoms with Gasteiger partial charge in [-0.15, -0.1) is 0 Å². The molecule has 0 saturated heterocycles. The summed E-state index contributed by atoms with van der Waals surface area (Å²) in [6, 6.07) is 9.10. The molecule has 0 fully saturated rings. The third-order valence-corrected chi connectivity index (χ3v) is 3.50. The van der Waals surface area contributed by atoms with Crippen LogP contribution in [0.3, 0.4) is 0 Å². The fourth-order valence-corrected chi connectivity index (χ4v) is 2.23. The molecule has 0 spiro atoms. The normalized spacial score (nSPS) is 16.2. The Kier molecular flexibility index (Phi) is 4.51. The van der Waals surface area contributed by atoms with E-state index in [9.17, 15) is 9.59 Å². The van der Waals surface area contributed by atoms with Crippen LogP contribution in [0.2, 0.25) is 0 Å². The number of aliphatic imine (C=N–C) groups is 1. The molecular weight excluding hydrogens is 310 g/mol. The molecule has 2 aromatic rings. The first-order valence-electron chi connectivity index (χ1n) is 7.30. The largest absolute Gasteiger partial charge is 0.497 e. The van der Waals surface area contributed by atoms with Gasteiger partial charge in [-0.3, -0.25) is 9.59 Å². The van der Waals surface area contributed by atoms with E-state index in [2.05, 4.69) is 15.5 Å². The number of amides is 2. The first-order chi connectivity index (χ1) is 11.7. The molecule has 0 saturated carbocycles. The third-order valence-electron chi connectivity index (χ3n) is 3.50. The average molecular weight is 325 g/mol. The first-order valence-corrected chi connectivity index (χ1v) is 7.30. The maximum atomic E-state index is 12.0. The van der Waals surface area contributed by atoms with E-state index in [0.717, 1.165) is 5.56 Å². The Labute approximate surface area is 138 Å². The number of methoxy groups -OCH3 is 1. The first kappa shape index (κ1) is 15.7. The summed E-state index contributed by atoms with van der Waals surface area (Å²) in [5, 5.41) is 6.58. The summed E-state index contributed by atoms with van der Waals surface area (Å²) in [5.74, 6) is -0.510. The molecule has 1 aromatic heterocycles. The molecule has 1 unspecified atom stereocenters. The van der Waals surface area contributed by atoms with Gasteiger partial charge in [0.25, 0.3) is 5.91 Å². The van der Waals surface area contributed by atoms with Crippen molar-refractivity contribution in [1.82, 2.24) is 10.5 Å². The molecule has 3 rings (SSSR count). The highest BCUT2D eigenvalue weighted by atomic mass is 16.5. The van der Waals surface area contributed by atoms with Crippen molar-refractivity contribution in [3.63, 3.8) is 0 Å². The predicted octanol–water partition coefficient (Wildman–Crippen LogP) is 1.75. The molecule has 122 valence electrons. The topological polar surface area (TPSA) is 93.8 Å². The Hall–Kier alpha value is -3.22. The lowest BCUT2D eigenvalue weighted by atomic mass is 10.1. The minimum atomic E-state index is -0.889. The lowest BCUT2D eigenvalue weighted by Gasteiger charge is -2.10. The highest BCUT2D eigenvalue weighted by Crippen LogP contribution is 2.24. The van der Waals surface area contributed by atoms with Crippen molar-refractivity contribution >= 4 is 18.0 Å². The molecule has 7 nitrogen and oxygen atoms in total. The van der Waals surface area contributed by atoms with Gasteiger partial charge in [-0.25, -0.2) is 4.99 Å². The number of carbonyl (C=O) groups excluding carboxylic acids is 2. The van der Waals surface area contributed by atoms with Crippen LogP contribution in [0.25, 0.3) is 11.3 Å². The Bertz CT molecular complexity index is 823. The summed E-state index contributed by atoms with van der Waals surface area (Å²) in [6.45, 7) is 0.160. The number of rotatable bonds is 5. The van der Waals surface area contributed by atoms with Crippen molar-refractivity contribution in [2.75, 3.05) is 7.11 Å². The van der Waals surface area contributed by atoms with Crippen LogP contribution < -0.4 is 10.1 Å². The van der Waals surface area contributed by atoms with E-state index in [0.29, 0.717) is 17.2 Å². The molecular formula is C17H15N3O4. The van der Waals surface area contributed by atoms with Gasteiger partial charge in [0.05, 0.1) is 13.7 Å². The molecule has 24 heavy (non-hydrogen) atoms. The highest BCUT2D eigenvalue weighted by Gasteiger charge is 2.24. The molecule has 0 radical (unpaired) electrons. The van der Waals surface area contributed by atoms with Crippen molar-refractivity contribution in [1.29, 1.82) is 0 Å². The van der Waals surface area contributed by atoms with Crippen LogP contribution in [-0.4, -0.2) is 30.3 Å². The van der Waals surface area contributed by atoms with Crippen LogP contribution >= 0.6 is 0 Å². The molecule has 2 amide bonds. The van der Waals surface area contributed by atoms with Gasteiger partial charge in [0.15, 0.2) is 5.76 Å². The van der Waals surface area contributed by atoms with E-state index in [1.807, 2.05) is 24.3 Å². The zero-order valence-electron chi connectivity index (χ0n) is 12.9. The van der Waals surface area contributed by atoms with E-state index < -0.39 is 17.7 Å². The molecule has 2 heterocycles. The molecule has 0 bridgehead atoms. The summed E-state index contributed by atoms with van der Waals surface area (Å²) < 4.78 is 10.5. The van der Waals surface area contributed by atoms with Crippen molar-refractivity contribution in [2.45, 2.75) is 6.54 Å². The van der Waals surface area contributed by atoms with Crippen LogP contribution in [-0.2, 0) is 16.1 Å². The Morgan fingerprint density at radius 2 is 2.25 bits per heavy atom. The minimum Gasteiger partial charge on any atom is -0.497 e. The van der Waals surface area contributed by atoms with Gasteiger partial charge in [-0.2, -0.15) is 0 Å². The van der Waals surface area contributed by atoms with E-state index in [1.165, 1.54) is 12.3 Å². The third kappa shape index (κ3) is 3.40. The number of allylic oxidation sites excluding steroid dienone is 1. The number of carbonyl (C=O) groups is 2. The monoisotopic (exact) mass is 325 g/mol. The lowest BCUT2D eigenvalue weighted by Crippen LogP contribution is -2.34. The van der Waals surface area contributed by atoms with Gasteiger partial charge in [0.2, 0.25) is 5.91 Å². The number of hydrogen-bond acceptors (Lipinski definition) is 5. The zero-order valence-corrected chi connectivity index (χ0v) is 12.9. The maximum Gasteiger partial charge on any atom is 0.262 e. The number of dihydropyridines is 1. The van der Waals surface area contributed by atoms with E-state index in [-0.39, 0.29) is 6.54 Å². The van der Waals surface area contributed by atoms with Crippen LogP contribution in [0, 0.1) is 5.92 Å². The van der Waals surface area contributed by atoms with Gasteiger partial charge in [-0.1, -0.05) is 23.4 Å². The fraction of sp³-hybridized carbons (Fsp3) is 0.176. The van der Waals surface area contributed by atoms with Crippen molar-refractivity contribution in [2.24, 2.45) is 10.9 Å². The highest BCUT2D eigenvalue weighted by molar-refractivity contribution is 6.07. The predicted molar refractivity (Wildman–Crippen MR) is 86.5 cm³/mol. The van der Waals surface area contributed by atoms with E-state index in [1.54, 1.807) is 19.3 Å². The fourth-order valence-electron chi connectivity index (χ4n) is 2.23. The smallest absolute Gasteiger partial charge is 0.262 e. The summed E-state index contributed by atoms with van der Waals surface area (Å²) in [5.41, 5.74) is 1.37. The van der Waals surface area contributed by atoms with Crippen molar-refractivity contribution in [3.8, 4) is 17.1 Å². The van der Waals surface area contributed by atoms with Crippen LogP contribution in [0.4, 0.5) is 0 Å². The second kappa shape index (κ2) is 6.91. The standard InChI is InChI=1S/C17H15N3O4/c1-23-13-5-2-4-11(8-13)15-9-12(20-24-15)10-19-17(22)14-6-3-7-18-16(14)21/h2-9,14H,10H2,1H3,(H,19,22). The van der Waals surface area contributed by atoms with E-state index in [4.69, 9.17) is 9.26 Å².